The van der Waals surface area contributed by atoms with Crippen molar-refractivity contribution >= 4 is 33.3 Å². The molecule has 1 saturated heterocycles. The predicted octanol–water partition coefficient (Wildman–Crippen LogP) is 3.29. The van der Waals surface area contributed by atoms with Crippen molar-refractivity contribution in [1.29, 1.82) is 0 Å². The number of halogens is 1. The first-order chi connectivity index (χ1) is 16.7. The minimum absolute atomic E-state index is 0.0569. The maximum Gasteiger partial charge on any atom is 0.285 e. The Bertz CT molecular complexity index is 1120. The standard InChI is InChI=1S/C24H32ClN5O4S/c1-18(2)17-34-22-9-7-20(25)16-19(22)6-5-11-26-23-10-8-21(27-28-23)24(31)29-35(32,33)15-14-30-12-3-4-13-30/h7-10,16H,1,3-6,11-15,17H2,2H3,(H,26,28)(H,29,31). The van der Waals surface area contributed by atoms with Crippen LogP contribution in [0.2, 0.25) is 5.02 Å². The molecule has 0 aliphatic carbocycles. The molecule has 1 aliphatic heterocycles. The Hall–Kier alpha value is -2.69. The molecule has 1 aromatic heterocycles. The monoisotopic (exact) mass is 521 g/mol. The summed E-state index contributed by atoms with van der Waals surface area (Å²) in [6.07, 6.45) is 3.67. The number of carbonyl (C=O) groups excluding carboxylic acids is 1. The lowest BCUT2D eigenvalue weighted by Crippen LogP contribution is -2.37. The van der Waals surface area contributed by atoms with Gasteiger partial charge in [-0.15, -0.1) is 10.2 Å². The van der Waals surface area contributed by atoms with Crippen molar-refractivity contribution in [2.75, 3.05) is 43.9 Å². The molecule has 0 saturated carbocycles. The summed E-state index contributed by atoms with van der Waals surface area (Å²) in [7, 11) is -3.74. The van der Waals surface area contributed by atoms with E-state index >= 15 is 0 Å². The van der Waals surface area contributed by atoms with Crippen LogP contribution in [-0.4, -0.2) is 68.0 Å². The van der Waals surface area contributed by atoms with E-state index < -0.39 is 15.9 Å². The second-order valence-electron chi connectivity index (χ2n) is 8.63. The van der Waals surface area contributed by atoms with Gasteiger partial charge in [0.05, 0.1) is 5.75 Å². The van der Waals surface area contributed by atoms with Gasteiger partial charge >= 0.3 is 0 Å². The number of likely N-dealkylation sites (tertiary alicyclic amines) is 1. The normalized spacial score (nSPS) is 14.0. The molecular formula is C24H32ClN5O4S. The van der Waals surface area contributed by atoms with Gasteiger partial charge < -0.3 is 15.0 Å². The molecule has 0 bridgehead atoms. The Kier molecular flexibility index (Phi) is 9.88. The van der Waals surface area contributed by atoms with Crippen LogP contribution in [0.1, 0.15) is 42.2 Å². The maximum atomic E-state index is 12.3. The third-order valence-corrected chi connectivity index (χ3v) is 6.90. The van der Waals surface area contributed by atoms with Crippen LogP contribution >= 0.6 is 11.6 Å². The van der Waals surface area contributed by atoms with Gasteiger partial charge in [-0.05, 0) is 87.2 Å². The Morgan fingerprint density at radius 1 is 1.20 bits per heavy atom. The van der Waals surface area contributed by atoms with E-state index in [1.807, 2.05) is 19.1 Å². The lowest BCUT2D eigenvalue weighted by molar-refractivity contribution is 0.0975. The number of sulfonamides is 1. The molecule has 0 radical (unpaired) electrons. The topological polar surface area (TPSA) is 114 Å². The summed E-state index contributed by atoms with van der Waals surface area (Å²) in [5.41, 5.74) is 1.88. The summed E-state index contributed by atoms with van der Waals surface area (Å²) in [5, 5.41) is 11.6. The molecule has 35 heavy (non-hydrogen) atoms. The number of amides is 1. The number of hydrogen-bond acceptors (Lipinski definition) is 8. The number of benzene rings is 1. The van der Waals surface area contributed by atoms with E-state index in [0.29, 0.717) is 30.5 Å². The summed E-state index contributed by atoms with van der Waals surface area (Å²) in [6, 6.07) is 8.58. The number of ether oxygens (including phenoxy) is 1. The van der Waals surface area contributed by atoms with Crippen molar-refractivity contribution in [2.45, 2.75) is 32.6 Å². The molecular weight excluding hydrogens is 490 g/mol. The van der Waals surface area contributed by atoms with Gasteiger partial charge in [-0.25, -0.2) is 13.1 Å². The molecule has 3 rings (SSSR count). The van der Waals surface area contributed by atoms with Crippen molar-refractivity contribution in [1.82, 2.24) is 19.8 Å². The minimum Gasteiger partial charge on any atom is -0.489 e. The van der Waals surface area contributed by atoms with Crippen LogP contribution in [0.4, 0.5) is 5.82 Å². The smallest absolute Gasteiger partial charge is 0.285 e. The number of aromatic nitrogens is 2. The van der Waals surface area contributed by atoms with Crippen molar-refractivity contribution < 1.29 is 17.9 Å². The Morgan fingerprint density at radius 3 is 2.66 bits per heavy atom. The number of nitrogens with zero attached hydrogens (tertiary/aromatic N) is 3. The van der Waals surface area contributed by atoms with Crippen molar-refractivity contribution in [2.24, 2.45) is 0 Å². The van der Waals surface area contributed by atoms with Crippen molar-refractivity contribution in [3.63, 3.8) is 0 Å². The van der Waals surface area contributed by atoms with Gasteiger partial charge in [0, 0.05) is 18.1 Å². The first-order valence-electron chi connectivity index (χ1n) is 11.6. The molecule has 0 atom stereocenters. The summed E-state index contributed by atoms with van der Waals surface area (Å²) in [5.74, 6) is 0.359. The highest BCUT2D eigenvalue weighted by molar-refractivity contribution is 7.90. The summed E-state index contributed by atoms with van der Waals surface area (Å²) in [4.78, 5) is 14.4. The molecule has 9 nitrogen and oxygen atoms in total. The van der Waals surface area contributed by atoms with Crippen molar-refractivity contribution in [3.8, 4) is 5.75 Å². The second-order valence-corrected chi connectivity index (χ2v) is 10.9. The number of carbonyl (C=O) groups is 1. The molecule has 190 valence electrons. The quantitative estimate of drug-likeness (QED) is 0.305. The lowest BCUT2D eigenvalue weighted by atomic mass is 10.1. The zero-order valence-electron chi connectivity index (χ0n) is 19.9. The molecule has 1 fully saturated rings. The average molecular weight is 522 g/mol. The summed E-state index contributed by atoms with van der Waals surface area (Å²) >= 11 is 6.14. The molecule has 2 heterocycles. The van der Waals surface area contributed by atoms with E-state index in [1.165, 1.54) is 6.07 Å². The zero-order valence-corrected chi connectivity index (χ0v) is 21.5. The highest BCUT2D eigenvalue weighted by atomic mass is 35.5. The van der Waals surface area contributed by atoms with Gasteiger partial charge in [0.1, 0.15) is 18.2 Å². The number of rotatable bonds is 13. The Morgan fingerprint density at radius 2 is 1.97 bits per heavy atom. The second kappa shape index (κ2) is 12.9. The third-order valence-electron chi connectivity index (χ3n) is 5.45. The number of hydrogen-bond donors (Lipinski definition) is 2. The highest BCUT2D eigenvalue weighted by Crippen LogP contribution is 2.24. The van der Waals surface area contributed by atoms with Gasteiger partial charge in [0.2, 0.25) is 10.0 Å². The molecule has 2 N–H and O–H groups in total. The molecule has 0 unspecified atom stereocenters. The van der Waals surface area contributed by atoms with Gasteiger partial charge in [0.25, 0.3) is 5.91 Å². The van der Waals surface area contributed by atoms with Crippen LogP contribution in [0.5, 0.6) is 5.75 Å². The summed E-state index contributed by atoms with van der Waals surface area (Å²) < 4.78 is 32.3. The maximum absolute atomic E-state index is 12.3. The van der Waals surface area contributed by atoms with Crippen LogP contribution in [0, 0.1) is 0 Å². The number of aryl methyl sites for hydroxylation is 1. The van der Waals surface area contributed by atoms with E-state index in [-0.39, 0.29) is 11.4 Å². The largest absolute Gasteiger partial charge is 0.489 e. The van der Waals surface area contributed by atoms with Crippen LogP contribution in [0.3, 0.4) is 0 Å². The van der Waals surface area contributed by atoms with Crippen LogP contribution < -0.4 is 14.8 Å². The van der Waals surface area contributed by atoms with Gasteiger partial charge in [-0.2, -0.15) is 0 Å². The van der Waals surface area contributed by atoms with E-state index in [9.17, 15) is 13.2 Å². The van der Waals surface area contributed by atoms with Crippen LogP contribution in [-0.2, 0) is 16.4 Å². The van der Waals surface area contributed by atoms with E-state index in [0.717, 1.165) is 55.7 Å². The zero-order chi connectivity index (χ0) is 25.3. The fourth-order valence-electron chi connectivity index (χ4n) is 3.63. The van der Waals surface area contributed by atoms with Crippen LogP contribution in [0.25, 0.3) is 0 Å². The van der Waals surface area contributed by atoms with Gasteiger partial charge in [-0.1, -0.05) is 18.2 Å². The molecule has 0 spiro atoms. The summed E-state index contributed by atoms with van der Waals surface area (Å²) in [6.45, 7) is 9.02. The highest BCUT2D eigenvalue weighted by Gasteiger charge is 2.20. The van der Waals surface area contributed by atoms with E-state index in [2.05, 4.69) is 31.7 Å². The first-order valence-corrected chi connectivity index (χ1v) is 13.7. The van der Waals surface area contributed by atoms with Gasteiger partial charge in [-0.3, -0.25) is 4.79 Å². The molecule has 1 aromatic carbocycles. The molecule has 1 amide bonds. The molecule has 2 aromatic rings. The Balaban J connectivity index is 1.44. The fraction of sp³-hybridized carbons (Fsp3) is 0.458. The fourth-order valence-corrected chi connectivity index (χ4v) is 4.81. The van der Waals surface area contributed by atoms with Gasteiger partial charge in [0.15, 0.2) is 5.69 Å². The molecule has 11 heteroatoms. The SMILES string of the molecule is C=C(C)COc1ccc(Cl)cc1CCCNc1ccc(C(=O)NS(=O)(=O)CCN2CCCC2)nn1. The van der Waals surface area contributed by atoms with E-state index in [1.54, 1.807) is 12.1 Å². The van der Waals surface area contributed by atoms with Crippen molar-refractivity contribution in [3.05, 3.63) is 58.8 Å². The van der Waals surface area contributed by atoms with Crippen LogP contribution in [0.15, 0.2) is 42.5 Å². The first kappa shape index (κ1) is 26.9. The lowest BCUT2D eigenvalue weighted by Gasteiger charge is -2.14. The minimum atomic E-state index is -3.74. The number of anilines is 1. The third kappa shape index (κ3) is 9.12. The predicted molar refractivity (Wildman–Crippen MR) is 138 cm³/mol. The Labute approximate surface area is 212 Å². The van der Waals surface area contributed by atoms with E-state index in [4.69, 9.17) is 16.3 Å². The average Bonchev–Trinajstić information content (AvgIpc) is 3.34. The number of nitrogens with one attached hydrogen (secondary N) is 2. The molecule has 1 aliphatic rings.